The van der Waals surface area contributed by atoms with Crippen LogP contribution in [0.5, 0.6) is 11.5 Å². The van der Waals surface area contributed by atoms with Crippen LogP contribution in [0.15, 0.2) is 24.5 Å². The minimum Gasteiger partial charge on any atom is -0.497 e. The molecule has 1 heterocycles. The fourth-order valence-electron chi connectivity index (χ4n) is 2.19. The fraction of sp³-hybridized carbons (Fsp3) is 0.333. The van der Waals surface area contributed by atoms with Crippen molar-refractivity contribution in [3.05, 3.63) is 30.1 Å². The minimum atomic E-state index is 0.220. The van der Waals surface area contributed by atoms with Gasteiger partial charge in [0.25, 0.3) is 0 Å². The number of benzene rings is 1. The van der Waals surface area contributed by atoms with Crippen LogP contribution in [0.25, 0.3) is 11.3 Å². The quantitative estimate of drug-likeness (QED) is 0.927. The predicted octanol–water partition coefficient (Wildman–Crippen LogP) is 2.87. The van der Waals surface area contributed by atoms with Crippen molar-refractivity contribution < 1.29 is 9.47 Å². The number of anilines is 1. The second-order valence-electron chi connectivity index (χ2n) is 4.74. The molecular formula is C15H19N3O2. The van der Waals surface area contributed by atoms with Crippen molar-refractivity contribution in [1.29, 1.82) is 0 Å². The Balaban J connectivity index is 2.65. The van der Waals surface area contributed by atoms with Crippen LogP contribution in [0, 0.1) is 0 Å². The van der Waals surface area contributed by atoms with Gasteiger partial charge in [0.05, 0.1) is 19.9 Å². The summed E-state index contributed by atoms with van der Waals surface area (Å²) in [6.07, 6.45) is 1.47. The maximum absolute atomic E-state index is 5.99. The largest absolute Gasteiger partial charge is 0.497 e. The van der Waals surface area contributed by atoms with Crippen molar-refractivity contribution in [2.24, 2.45) is 0 Å². The van der Waals surface area contributed by atoms with E-state index in [9.17, 15) is 0 Å². The van der Waals surface area contributed by atoms with Crippen LogP contribution in [0.4, 0.5) is 5.82 Å². The number of methoxy groups -OCH3 is 2. The van der Waals surface area contributed by atoms with Crippen LogP contribution < -0.4 is 15.2 Å². The molecule has 5 heteroatoms. The second kappa shape index (κ2) is 5.77. The summed E-state index contributed by atoms with van der Waals surface area (Å²) in [6, 6.07) is 5.63. The number of hydrogen-bond acceptors (Lipinski definition) is 5. The predicted molar refractivity (Wildman–Crippen MR) is 79.1 cm³/mol. The van der Waals surface area contributed by atoms with Crippen molar-refractivity contribution in [2.75, 3.05) is 20.0 Å². The van der Waals surface area contributed by atoms with Gasteiger partial charge in [-0.3, -0.25) is 0 Å². The van der Waals surface area contributed by atoms with E-state index in [2.05, 4.69) is 23.8 Å². The van der Waals surface area contributed by atoms with Crippen LogP contribution in [0.2, 0.25) is 0 Å². The Bertz CT molecular complexity index is 612. The molecule has 0 unspecified atom stereocenters. The SMILES string of the molecule is COc1ccc(-c2ncnc(N)c2C(C)C)c(OC)c1. The number of aromatic nitrogens is 2. The molecule has 0 radical (unpaired) electrons. The Labute approximate surface area is 118 Å². The molecule has 0 amide bonds. The summed E-state index contributed by atoms with van der Waals surface area (Å²) >= 11 is 0. The van der Waals surface area contributed by atoms with Crippen molar-refractivity contribution in [2.45, 2.75) is 19.8 Å². The van der Waals surface area contributed by atoms with Crippen molar-refractivity contribution in [3.63, 3.8) is 0 Å². The van der Waals surface area contributed by atoms with Gasteiger partial charge in [-0.05, 0) is 18.1 Å². The Kier molecular flexibility index (Phi) is 4.08. The summed E-state index contributed by atoms with van der Waals surface area (Å²) in [5, 5.41) is 0. The Hall–Kier alpha value is -2.30. The van der Waals surface area contributed by atoms with Gasteiger partial charge in [0.2, 0.25) is 0 Å². The van der Waals surface area contributed by atoms with E-state index in [4.69, 9.17) is 15.2 Å². The first-order chi connectivity index (χ1) is 9.58. The number of ether oxygens (including phenoxy) is 2. The lowest BCUT2D eigenvalue weighted by Gasteiger charge is -2.16. The lowest BCUT2D eigenvalue weighted by Crippen LogP contribution is -2.05. The van der Waals surface area contributed by atoms with Crippen molar-refractivity contribution >= 4 is 5.82 Å². The fourth-order valence-corrected chi connectivity index (χ4v) is 2.19. The van der Waals surface area contributed by atoms with Gasteiger partial charge < -0.3 is 15.2 Å². The maximum atomic E-state index is 5.99. The molecule has 0 aliphatic heterocycles. The minimum absolute atomic E-state index is 0.220. The third-order valence-electron chi connectivity index (χ3n) is 3.16. The van der Waals surface area contributed by atoms with Crippen molar-refractivity contribution in [3.8, 4) is 22.8 Å². The zero-order chi connectivity index (χ0) is 14.7. The van der Waals surface area contributed by atoms with E-state index >= 15 is 0 Å². The van der Waals surface area contributed by atoms with Crippen LogP contribution in [-0.2, 0) is 0 Å². The number of nitrogens with zero attached hydrogens (tertiary/aromatic N) is 2. The van der Waals surface area contributed by atoms with E-state index in [0.717, 1.165) is 22.6 Å². The number of nitrogens with two attached hydrogens (primary N) is 1. The van der Waals surface area contributed by atoms with Crippen LogP contribution in [0.1, 0.15) is 25.3 Å². The molecule has 0 atom stereocenters. The van der Waals surface area contributed by atoms with Gasteiger partial charge >= 0.3 is 0 Å². The third-order valence-corrected chi connectivity index (χ3v) is 3.16. The summed E-state index contributed by atoms with van der Waals surface area (Å²) < 4.78 is 10.6. The molecule has 2 aromatic rings. The molecule has 0 aliphatic carbocycles. The lowest BCUT2D eigenvalue weighted by molar-refractivity contribution is 0.395. The molecule has 0 saturated carbocycles. The van der Waals surface area contributed by atoms with E-state index < -0.39 is 0 Å². The monoisotopic (exact) mass is 273 g/mol. The van der Waals surface area contributed by atoms with Crippen LogP contribution in [0.3, 0.4) is 0 Å². The normalized spacial score (nSPS) is 10.7. The van der Waals surface area contributed by atoms with Crippen LogP contribution in [-0.4, -0.2) is 24.2 Å². The van der Waals surface area contributed by atoms with E-state index in [1.807, 2.05) is 18.2 Å². The second-order valence-corrected chi connectivity index (χ2v) is 4.74. The molecule has 0 aliphatic rings. The van der Waals surface area contributed by atoms with Gasteiger partial charge in [0.15, 0.2) is 0 Å². The maximum Gasteiger partial charge on any atom is 0.131 e. The lowest BCUT2D eigenvalue weighted by atomic mass is 9.97. The molecular weight excluding hydrogens is 254 g/mol. The summed E-state index contributed by atoms with van der Waals surface area (Å²) in [4.78, 5) is 8.46. The highest BCUT2D eigenvalue weighted by atomic mass is 16.5. The summed E-state index contributed by atoms with van der Waals surface area (Å²) in [6.45, 7) is 4.13. The van der Waals surface area contributed by atoms with E-state index in [0.29, 0.717) is 11.6 Å². The molecule has 106 valence electrons. The van der Waals surface area contributed by atoms with E-state index in [1.165, 1.54) is 6.33 Å². The van der Waals surface area contributed by atoms with Gasteiger partial charge in [0.1, 0.15) is 23.6 Å². The highest BCUT2D eigenvalue weighted by Crippen LogP contribution is 2.37. The topological polar surface area (TPSA) is 70.3 Å². The molecule has 0 spiro atoms. The highest BCUT2D eigenvalue weighted by Gasteiger charge is 2.18. The molecule has 2 rings (SSSR count). The molecule has 1 aromatic heterocycles. The Morgan fingerprint density at radius 3 is 2.45 bits per heavy atom. The Morgan fingerprint density at radius 2 is 1.85 bits per heavy atom. The van der Waals surface area contributed by atoms with Crippen LogP contribution >= 0.6 is 0 Å². The first kappa shape index (κ1) is 14.1. The van der Waals surface area contributed by atoms with Gasteiger partial charge in [-0.15, -0.1) is 0 Å². The number of hydrogen-bond donors (Lipinski definition) is 1. The average molecular weight is 273 g/mol. The number of nitrogen functional groups attached to an aromatic ring is 1. The Morgan fingerprint density at radius 1 is 1.10 bits per heavy atom. The first-order valence-corrected chi connectivity index (χ1v) is 6.41. The average Bonchev–Trinajstić information content (AvgIpc) is 2.45. The standard InChI is InChI=1S/C15H19N3O2/c1-9(2)13-14(17-8-18-15(13)16)11-6-5-10(19-3)7-12(11)20-4/h5-9H,1-4H3,(H2,16,17,18). The summed E-state index contributed by atoms with van der Waals surface area (Å²) in [5.74, 6) is 2.16. The first-order valence-electron chi connectivity index (χ1n) is 6.41. The molecule has 20 heavy (non-hydrogen) atoms. The zero-order valence-electron chi connectivity index (χ0n) is 12.2. The molecule has 2 N–H and O–H groups in total. The van der Waals surface area contributed by atoms with Crippen molar-refractivity contribution in [1.82, 2.24) is 9.97 Å². The van der Waals surface area contributed by atoms with Gasteiger partial charge in [0, 0.05) is 17.2 Å². The molecule has 0 fully saturated rings. The third kappa shape index (κ3) is 2.52. The van der Waals surface area contributed by atoms with Gasteiger partial charge in [-0.2, -0.15) is 0 Å². The molecule has 0 saturated heterocycles. The summed E-state index contributed by atoms with van der Waals surface area (Å²) in [5.41, 5.74) is 8.60. The molecule has 5 nitrogen and oxygen atoms in total. The molecule has 1 aromatic carbocycles. The van der Waals surface area contributed by atoms with E-state index in [1.54, 1.807) is 14.2 Å². The highest BCUT2D eigenvalue weighted by molar-refractivity contribution is 5.74. The van der Waals surface area contributed by atoms with Gasteiger partial charge in [-0.1, -0.05) is 13.8 Å². The summed E-state index contributed by atoms with van der Waals surface area (Å²) in [7, 11) is 3.24. The smallest absolute Gasteiger partial charge is 0.131 e. The zero-order valence-corrected chi connectivity index (χ0v) is 12.2. The molecule has 0 bridgehead atoms. The number of rotatable bonds is 4. The van der Waals surface area contributed by atoms with E-state index in [-0.39, 0.29) is 5.92 Å². The van der Waals surface area contributed by atoms with Gasteiger partial charge in [-0.25, -0.2) is 9.97 Å².